The number of hydrogen-bond acceptors (Lipinski definition) is 4. The summed E-state index contributed by atoms with van der Waals surface area (Å²) < 4.78 is 25.4. The van der Waals surface area contributed by atoms with Gasteiger partial charge in [-0.2, -0.15) is 0 Å². The maximum atomic E-state index is 14.0. The molecule has 2 fully saturated rings. The van der Waals surface area contributed by atoms with E-state index >= 15 is 0 Å². The van der Waals surface area contributed by atoms with Crippen molar-refractivity contribution in [2.75, 3.05) is 18.5 Å². The first kappa shape index (κ1) is 16.9. The van der Waals surface area contributed by atoms with Crippen molar-refractivity contribution in [2.45, 2.75) is 44.4 Å². The van der Waals surface area contributed by atoms with Gasteiger partial charge >= 0.3 is 0 Å². The molecule has 1 atom stereocenters. The third-order valence-electron chi connectivity index (χ3n) is 4.35. The van der Waals surface area contributed by atoms with Crippen molar-refractivity contribution in [3.63, 3.8) is 0 Å². The number of carbonyl (C=O) groups is 2. The van der Waals surface area contributed by atoms with Crippen LogP contribution in [0.4, 0.5) is 10.1 Å². The van der Waals surface area contributed by atoms with E-state index in [0.717, 1.165) is 19.3 Å². The van der Waals surface area contributed by atoms with Crippen LogP contribution in [0.25, 0.3) is 0 Å². The number of halogens is 1. The third-order valence-corrected chi connectivity index (χ3v) is 4.35. The van der Waals surface area contributed by atoms with Gasteiger partial charge in [-0.25, -0.2) is 4.39 Å². The highest BCUT2D eigenvalue weighted by Crippen LogP contribution is 2.35. The maximum Gasteiger partial charge on any atom is 0.254 e. The largest absolute Gasteiger partial charge is 0.349 e. The molecule has 1 spiro atoms. The topological polar surface area (TPSA) is 76.7 Å². The van der Waals surface area contributed by atoms with E-state index < -0.39 is 17.5 Å². The summed E-state index contributed by atoms with van der Waals surface area (Å²) in [5.74, 6) is -2.01. The van der Waals surface area contributed by atoms with E-state index in [9.17, 15) is 14.0 Å². The Morgan fingerprint density at radius 2 is 2.04 bits per heavy atom. The maximum absolute atomic E-state index is 14.0. The normalized spacial score (nSPS) is 22.3. The van der Waals surface area contributed by atoms with Gasteiger partial charge in [-0.15, -0.1) is 0 Å². The van der Waals surface area contributed by atoms with Gasteiger partial charge in [0.25, 0.3) is 5.91 Å². The van der Waals surface area contributed by atoms with Gasteiger partial charge in [0.2, 0.25) is 5.91 Å². The summed E-state index contributed by atoms with van der Waals surface area (Å²) in [6, 6.07) is 3.80. The Hall–Kier alpha value is -1.99. The van der Waals surface area contributed by atoms with Crippen molar-refractivity contribution >= 4 is 17.5 Å². The van der Waals surface area contributed by atoms with Crippen LogP contribution in [0.5, 0.6) is 0 Å². The lowest BCUT2D eigenvalue weighted by atomic mass is 9.89. The van der Waals surface area contributed by atoms with Crippen LogP contribution < -0.4 is 10.6 Å². The molecule has 1 saturated carbocycles. The number of amides is 2. The number of rotatable bonds is 3. The summed E-state index contributed by atoms with van der Waals surface area (Å²) >= 11 is 0. The lowest BCUT2D eigenvalue weighted by molar-refractivity contribution is -0.181. The fraction of sp³-hybridized carbons (Fsp3) is 0.529. The highest BCUT2D eigenvalue weighted by Gasteiger charge is 2.41. The van der Waals surface area contributed by atoms with Crippen molar-refractivity contribution in [3.8, 4) is 0 Å². The average molecular weight is 336 g/mol. The van der Waals surface area contributed by atoms with Crippen LogP contribution in [0.1, 0.15) is 43.0 Å². The SMILES string of the molecule is CC(=O)Nc1ccc(F)c(C(=O)N[C@H]2CCCC3(C2)OCCO3)c1. The Kier molecular flexibility index (Phi) is 4.82. The monoisotopic (exact) mass is 336 g/mol. The third kappa shape index (κ3) is 3.73. The van der Waals surface area contributed by atoms with Crippen molar-refractivity contribution in [3.05, 3.63) is 29.6 Å². The van der Waals surface area contributed by atoms with Crippen LogP contribution in [0.3, 0.4) is 0 Å². The molecule has 1 aliphatic heterocycles. The lowest BCUT2D eigenvalue weighted by Crippen LogP contribution is -2.46. The molecular weight excluding hydrogens is 315 g/mol. The number of benzene rings is 1. The molecule has 3 rings (SSSR count). The Morgan fingerprint density at radius 3 is 2.75 bits per heavy atom. The second kappa shape index (κ2) is 6.86. The van der Waals surface area contributed by atoms with E-state index in [1.54, 1.807) is 0 Å². The van der Waals surface area contributed by atoms with Crippen LogP contribution >= 0.6 is 0 Å². The minimum atomic E-state index is -0.625. The second-order valence-corrected chi connectivity index (χ2v) is 6.25. The molecule has 1 aromatic rings. The summed E-state index contributed by atoms with van der Waals surface area (Å²) in [7, 11) is 0. The molecule has 1 heterocycles. The van der Waals surface area contributed by atoms with Crippen LogP contribution in [-0.4, -0.2) is 36.9 Å². The number of nitrogens with one attached hydrogen (secondary N) is 2. The molecule has 1 aromatic carbocycles. The Labute approximate surface area is 139 Å². The van der Waals surface area contributed by atoms with E-state index in [-0.39, 0.29) is 17.5 Å². The fourth-order valence-electron chi connectivity index (χ4n) is 3.32. The number of ether oxygens (including phenoxy) is 2. The Balaban J connectivity index is 1.69. The van der Waals surface area contributed by atoms with E-state index in [1.807, 2.05) is 0 Å². The first-order valence-corrected chi connectivity index (χ1v) is 8.13. The molecule has 24 heavy (non-hydrogen) atoms. The molecule has 130 valence electrons. The van der Waals surface area contributed by atoms with E-state index in [4.69, 9.17) is 9.47 Å². The molecule has 6 nitrogen and oxygen atoms in total. The number of carbonyl (C=O) groups excluding carboxylic acids is 2. The summed E-state index contributed by atoms with van der Waals surface area (Å²) in [4.78, 5) is 23.5. The first-order valence-electron chi connectivity index (χ1n) is 8.13. The van der Waals surface area contributed by atoms with Gasteiger partial charge in [-0.1, -0.05) is 0 Å². The summed E-state index contributed by atoms with van der Waals surface area (Å²) in [5, 5.41) is 5.40. The predicted molar refractivity (Wildman–Crippen MR) is 85.1 cm³/mol. The number of hydrogen-bond donors (Lipinski definition) is 2. The van der Waals surface area contributed by atoms with E-state index in [0.29, 0.717) is 25.3 Å². The molecule has 0 unspecified atom stereocenters. The first-order chi connectivity index (χ1) is 11.5. The van der Waals surface area contributed by atoms with Crippen LogP contribution in [-0.2, 0) is 14.3 Å². The lowest BCUT2D eigenvalue weighted by Gasteiger charge is -2.36. The van der Waals surface area contributed by atoms with Crippen LogP contribution in [0, 0.1) is 5.82 Å². The van der Waals surface area contributed by atoms with Gasteiger partial charge in [0.05, 0.1) is 18.8 Å². The van der Waals surface area contributed by atoms with Crippen molar-refractivity contribution in [1.29, 1.82) is 0 Å². The molecule has 0 radical (unpaired) electrons. The standard InChI is InChI=1S/C17H21FN2O4/c1-11(21)19-12-4-5-15(18)14(9-12)16(22)20-13-3-2-6-17(10-13)23-7-8-24-17/h4-5,9,13H,2-3,6-8,10H2,1H3,(H,19,21)(H,20,22)/t13-/m0/s1. The highest BCUT2D eigenvalue weighted by molar-refractivity contribution is 5.97. The predicted octanol–water partition coefficient (Wildman–Crippen LogP) is 2.20. The molecule has 7 heteroatoms. The van der Waals surface area contributed by atoms with Gasteiger partial charge < -0.3 is 20.1 Å². The van der Waals surface area contributed by atoms with Crippen LogP contribution in [0.2, 0.25) is 0 Å². The van der Waals surface area contributed by atoms with E-state index in [1.165, 1.54) is 25.1 Å². The van der Waals surface area contributed by atoms with Gasteiger partial charge in [0.15, 0.2) is 5.79 Å². The highest BCUT2D eigenvalue weighted by atomic mass is 19.1. The molecule has 1 saturated heterocycles. The zero-order valence-corrected chi connectivity index (χ0v) is 13.6. The van der Waals surface area contributed by atoms with Gasteiger partial charge in [0.1, 0.15) is 5.82 Å². The van der Waals surface area contributed by atoms with Gasteiger partial charge in [-0.3, -0.25) is 9.59 Å². The van der Waals surface area contributed by atoms with Crippen molar-refractivity contribution < 1.29 is 23.5 Å². The molecule has 2 aliphatic rings. The summed E-state index contributed by atoms with van der Waals surface area (Å²) in [5.41, 5.74) is 0.297. The second-order valence-electron chi connectivity index (χ2n) is 6.25. The zero-order chi connectivity index (χ0) is 17.2. The Bertz CT molecular complexity index is 643. The van der Waals surface area contributed by atoms with Crippen LogP contribution in [0.15, 0.2) is 18.2 Å². The number of anilines is 1. The van der Waals surface area contributed by atoms with Gasteiger partial charge in [-0.05, 0) is 31.0 Å². The molecular formula is C17H21FN2O4. The van der Waals surface area contributed by atoms with E-state index in [2.05, 4.69) is 10.6 Å². The summed E-state index contributed by atoms with van der Waals surface area (Å²) in [6.07, 6.45) is 3.05. The average Bonchev–Trinajstić information content (AvgIpc) is 2.96. The Morgan fingerprint density at radius 1 is 1.29 bits per heavy atom. The fourth-order valence-corrected chi connectivity index (χ4v) is 3.32. The smallest absolute Gasteiger partial charge is 0.254 e. The van der Waals surface area contributed by atoms with Crippen molar-refractivity contribution in [2.24, 2.45) is 0 Å². The van der Waals surface area contributed by atoms with Crippen molar-refractivity contribution in [1.82, 2.24) is 5.32 Å². The molecule has 2 amide bonds. The molecule has 1 aliphatic carbocycles. The summed E-state index contributed by atoms with van der Waals surface area (Å²) in [6.45, 7) is 2.48. The molecule has 2 N–H and O–H groups in total. The minimum absolute atomic E-state index is 0.0888. The van der Waals surface area contributed by atoms with Gasteiger partial charge in [0, 0.05) is 31.5 Å². The zero-order valence-electron chi connectivity index (χ0n) is 13.6. The molecule has 0 bridgehead atoms. The minimum Gasteiger partial charge on any atom is -0.349 e. The quantitative estimate of drug-likeness (QED) is 0.887. The molecule has 0 aromatic heterocycles.